The second-order valence-electron chi connectivity index (χ2n) is 6.72. The highest BCUT2D eigenvalue weighted by atomic mass is 16.5. The average Bonchev–Trinajstić information content (AvgIpc) is 2.78. The first-order valence-corrected chi connectivity index (χ1v) is 9.55. The van der Waals surface area contributed by atoms with Crippen molar-refractivity contribution in [1.29, 1.82) is 0 Å². The lowest BCUT2D eigenvalue weighted by molar-refractivity contribution is -0.122. The van der Waals surface area contributed by atoms with Crippen LogP contribution in [0.25, 0.3) is 0 Å². The largest absolute Gasteiger partial charge is 0.496 e. The van der Waals surface area contributed by atoms with Gasteiger partial charge in [-0.05, 0) is 19.1 Å². The van der Waals surface area contributed by atoms with Gasteiger partial charge in [0.15, 0.2) is 0 Å². The molecule has 0 unspecified atom stereocenters. The monoisotopic (exact) mass is 398 g/mol. The Hall–Kier alpha value is -3.36. The van der Waals surface area contributed by atoms with Gasteiger partial charge in [-0.25, -0.2) is 14.8 Å². The smallest absolute Gasteiger partial charge is 0.318 e. The number of benzene rings is 1. The van der Waals surface area contributed by atoms with E-state index in [1.54, 1.807) is 37.4 Å². The van der Waals surface area contributed by atoms with Crippen LogP contribution >= 0.6 is 0 Å². The van der Waals surface area contributed by atoms with Gasteiger partial charge < -0.3 is 25.2 Å². The van der Waals surface area contributed by atoms with Gasteiger partial charge in [0.2, 0.25) is 11.9 Å². The van der Waals surface area contributed by atoms with Crippen LogP contribution in [0.5, 0.6) is 5.75 Å². The van der Waals surface area contributed by atoms with Crippen molar-refractivity contribution in [3.05, 3.63) is 48.3 Å². The van der Waals surface area contributed by atoms with Crippen molar-refractivity contribution in [3.63, 3.8) is 0 Å². The zero-order chi connectivity index (χ0) is 20.6. The Balaban J connectivity index is 1.44. The predicted octanol–water partition coefficient (Wildman–Crippen LogP) is 1.02. The molecule has 1 aliphatic heterocycles. The molecule has 2 aromatic rings. The highest BCUT2D eigenvalue weighted by Gasteiger charge is 2.24. The van der Waals surface area contributed by atoms with Crippen LogP contribution in [0.15, 0.2) is 42.7 Å². The molecule has 29 heavy (non-hydrogen) atoms. The van der Waals surface area contributed by atoms with Gasteiger partial charge in [-0.3, -0.25) is 4.79 Å². The topological polar surface area (TPSA) is 99.7 Å². The second kappa shape index (κ2) is 9.72. The molecule has 1 aliphatic rings. The molecule has 9 heteroatoms. The van der Waals surface area contributed by atoms with Crippen LogP contribution in [0.4, 0.5) is 10.7 Å². The molecule has 0 radical (unpaired) electrons. The van der Waals surface area contributed by atoms with Crippen molar-refractivity contribution < 1.29 is 14.3 Å². The first kappa shape index (κ1) is 20.4. The van der Waals surface area contributed by atoms with Crippen molar-refractivity contribution in [2.45, 2.75) is 19.5 Å². The molecule has 3 amide bonds. The van der Waals surface area contributed by atoms with E-state index in [9.17, 15) is 9.59 Å². The van der Waals surface area contributed by atoms with Gasteiger partial charge in [0.1, 0.15) is 11.8 Å². The van der Waals surface area contributed by atoms with Gasteiger partial charge >= 0.3 is 6.03 Å². The third kappa shape index (κ3) is 5.34. The summed E-state index contributed by atoms with van der Waals surface area (Å²) in [6.07, 6.45) is 3.40. The molecule has 154 valence electrons. The first-order valence-electron chi connectivity index (χ1n) is 9.55. The Kier molecular flexibility index (Phi) is 6.83. The number of carbonyl (C=O) groups is 2. The third-order valence-corrected chi connectivity index (χ3v) is 4.78. The zero-order valence-corrected chi connectivity index (χ0v) is 16.7. The molecule has 0 aliphatic carbocycles. The van der Waals surface area contributed by atoms with E-state index in [-0.39, 0.29) is 11.9 Å². The maximum atomic E-state index is 12.5. The molecule has 1 fully saturated rings. The van der Waals surface area contributed by atoms with Gasteiger partial charge in [0.05, 0.1) is 7.11 Å². The van der Waals surface area contributed by atoms with Crippen molar-refractivity contribution in [2.24, 2.45) is 0 Å². The number of methoxy groups -OCH3 is 1. The molecule has 1 atom stereocenters. The number of nitrogens with one attached hydrogen (secondary N) is 2. The standard InChI is InChI=1S/C20H26N6O3/c1-15(18(27)23-14-16-6-3-4-7-17(16)29-2)24-20(28)26-12-10-25(11-13-26)19-21-8-5-9-22-19/h3-9,15H,10-14H2,1-2H3,(H,23,27)(H,24,28)/t15-/m0/s1. The van der Waals surface area contributed by atoms with Gasteiger partial charge in [-0.1, -0.05) is 18.2 Å². The summed E-state index contributed by atoms with van der Waals surface area (Å²) in [6, 6.07) is 8.36. The van der Waals surface area contributed by atoms with Crippen LogP contribution in [-0.4, -0.2) is 66.1 Å². The third-order valence-electron chi connectivity index (χ3n) is 4.78. The zero-order valence-electron chi connectivity index (χ0n) is 16.7. The van der Waals surface area contributed by atoms with Crippen LogP contribution < -0.4 is 20.3 Å². The summed E-state index contributed by atoms with van der Waals surface area (Å²) < 4.78 is 5.28. The summed E-state index contributed by atoms with van der Waals surface area (Å²) in [7, 11) is 1.59. The number of amides is 3. The fourth-order valence-corrected chi connectivity index (χ4v) is 3.09. The number of ether oxygens (including phenoxy) is 1. The highest BCUT2D eigenvalue weighted by Crippen LogP contribution is 2.16. The van der Waals surface area contributed by atoms with Crippen LogP contribution in [0, 0.1) is 0 Å². The number of hydrogen-bond acceptors (Lipinski definition) is 6. The Morgan fingerprint density at radius 2 is 1.79 bits per heavy atom. The molecule has 1 aromatic heterocycles. The molecular weight excluding hydrogens is 372 g/mol. The van der Waals surface area contributed by atoms with E-state index in [4.69, 9.17) is 4.74 Å². The molecule has 2 N–H and O–H groups in total. The number of aromatic nitrogens is 2. The van der Waals surface area contributed by atoms with E-state index in [1.807, 2.05) is 29.2 Å². The SMILES string of the molecule is COc1ccccc1CNC(=O)[C@H](C)NC(=O)N1CCN(c2ncccn2)CC1. The van der Waals surface area contributed by atoms with Crippen LogP contribution in [-0.2, 0) is 11.3 Å². The molecular formula is C20H26N6O3. The molecule has 0 saturated carbocycles. The lowest BCUT2D eigenvalue weighted by atomic mass is 10.2. The summed E-state index contributed by atoms with van der Waals surface area (Å²) in [4.78, 5) is 37.1. The first-order chi connectivity index (χ1) is 14.1. The second-order valence-corrected chi connectivity index (χ2v) is 6.72. The minimum absolute atomic E-state index is 0.249. The van der Waals surface area contributed by atoms with E-state index in [0.29, 0.717) is 44.4 Å². The summed E-state index contributed by atoms with van der Waals surface area (Å²) in [6.45, 7) is 4.37. The van der Waals surface area contributed by atoms with Crippen molar-refractivity contribution in [3.8, 4) is 5.75 Å². The van der Waals surface area contributed by atoms with Gasteiger partial charge in [-0.2, -0.15) is 0 Å². The Morgan fingerprint density at radius 3 is 2.48 bits per heavy atom. The van der Waals surface area contributed by atoms with E-state index in [1.165, 1.54) is 0 Å². The van der Waals surface area contributed by atoms with Crippen molar-refractivity contribution >= 4 is 17.9 Å². The van der Waals surface area contributed by atoms with E-state index >= 15 is 0 Å². The number of carbonyl (C=O) groups excluding carboxylic acids is 2. The maximum absolute atomic E-state index is 12.5. The number of para-hydroxylation sites is 1. The van der Waals surface area contributed by atoms with Gasteiger partial charge in [0, 0.05) is 50.7 Å². The van der Waals surface area contributed by atoms with Gasteiger partial charge in [0.25, 0.3) is 0 Å². The fraction of sp³-hybridized carbons (Fsp3) is 0.400. The number of nitrogens with zero attached hydrogens (tertiary/aromatic N) is 4. The number of piperazine rings is 1. The van der Waals surface area contributed by atoms with E-state index < -0.39 is 6.04 Å². The van der Waals surface area contributed by atoms with Crippen LogP contribution in [0.1, 0.15) is 12.5 Å². The Bertz CT molecular complexity index is 824. The molecule has 9 nitrogen and oxygen atoms in total. The van der Waals surface area contributed by atoms with Gasteiger partial charge in [-0.15, -0.1) is 0 Å². The molecule has 0 bridgehead atoms. The molecule has 3 rings (SSSR count). The Morgan fingerprint density at radius 1 is 1.10 bits per heavy atom. The van der Waals surface area contributed by atoms with Crippen molar-refractivity contribution in [2.75, 3.05) is 38.2 Å². The lowest BCUT2D eigenvalue weighted by Crippen LogP contribution is -2.55. The molecule has 2 heterocycles. The van der Waals surface area contributed by atoms with E-state index in [0.717, 1.165) is 5.56 Å². The van der Waals surface area contributed by atoms with Crippen LogP contribution in [0.2, 0.25) is 0 Å². The predicted molar refractivity (Wildman–Crippen MR) is 109 cm³/mol. The minimum Gasteiger partial charge on any atom is -0.496 e. The summed E-state index contributed by atoms with van der Waals surface area (Å²) in [5, 5.41) is 5.60. The Labute approximate surface area is 170 Å². The molecule has 1 saturated heterocycles. The summed E-state index contributed by atoms with van der Waals surface area (Å²) in [5.74, 6) is 1.13. The quantitative estimate of drug-likeness (QED) is 0.754. The normalized spacial score (nSPS) is 14.8. The lowest BCUT2D eigenvalue weighted by Gasteiger charge is -2.35. The van der Waals surface area contributed by atoms with Crippen molar-refractivity contribution in [1.82, 2.24) is 25.5 Å². The number of hydrogen-bond donors (Lipinski definition) is 2. The molecule has 1 aromatic carbocycles. The highest BCUT2D eigenvalue weighted by molar-refractivity contribution is 5.86. The summed E-state index contributed by atoms with van der Waals surface area (Å²) in [5.41, 5.74) is 0.876. The minimum atomic E-state index is -0.646. The average molecular weight is 398 g/mol. The number of anilines is 1. The fourth-order valence-electron chi connectivity index (χ4n) is 3.09. The van der Waals surface area contributed by atoms with E-state index in [2.05, 4.69) is 20.6 Å². The van der Waals surface area contributed by atoms with Crippen LogP contribution in [0.3, 0.4) is 0 Å². The summed E-state index contributed by atoms with van der Waals surface area (Å²) >= 11 is 0. The number of rotatable bonds is 6. The molecule has 0 spiro atoms. The number of urea groups is 1. The maximum Gasteiger partial charge on any atom is 0.318 e.